The SMILES string of the molecule is O=c1[nH]c(-c2ccco2)nc2c1CN(Cc1ccc3cccc(O)c3n1)CC2. The van der Waals surface area contributed by atoms with E-state index in [2.05, 4.69) is 19.9 Å². The largest absolute Gasteiger partial charge is 0.506 e. The molecule has 0 amide bonds. The summed E-state index contributed by atoms with van der Waals surface area (Å²) in [6.45, 7) is 1.89. The van der Waals surface area contributed by atoms with Crippen molar-refractivity contribution in [2.45, 2.75) is 19.5 Å². The maximum Gasteiger partial charge on any atom is 0.256 e. The van der Waals surface area contributed by atoms with Gasteiger partial charge in [0, 0.05) is 31.4 Å². The van der Waals surface area contributed by atoms with E-state index in [9.17, 15) is 9.90 Å². The van der Waals surface area contributed by atoms with Gasteiger partial charge in [0.05, 0.1) is 23.2 Å². The first kappa shape index (κ1) is 16.7. The average Bonchev–Trinajstić information content (AvgIpc) is 3.24. The maximum absolute atomic E-state index is 12.6. The summed E-state index contributed by atoms with van der Waals surface area (Å²) >= 11 is 0. The van der Waals surface area contributed by atoms with Crippen LogP contribution in [0.3, 0.4) is 0 Å². The first-order chi connectivity index (χ1) is 13.7. The molecular weight excluding hydrogens is 356 g/mol. The lowest BCUT2D eigenvalue weighted by Gasteiger charge is -2.27. The minimum absolute atomic E-state index is 0.134. The van der Waals surface area contributed by atoms with Crippen molar-refractivity contribution in [3.8, 4) is 17.3 Å². The first-order valence-electron chi connectivity index (χ1n) is 9.13. The molecule has 140 valence electrons. The van der Waals surface area contributed by atoms with Crippen molar-refractivity contribution in [1.82, 2.24) is 19.9 Å². The third-order valence-corrected chi connectivity index (χ3v) is 5.04. The van der Waals surface area contributed by atoms with Crippen LogP contribution in [0.25, 0.3) is 22.5 Å². The zero-order valence-corrected chi connectivity index (χ0v) is 15.1. The van der Waals surface area contributed by atoms with Crippen LogP contribution in [0.4, 0.5) is 0 Å². The quantitative estimate of drug-likeness (QED) is 0.573. The average molecular weight is 374 g/mol. The molecule has 4 aromatic rings. The molecule has 0 unspecified atom stereocenters. The number of nitrogens with one attached hydrogen (secondary N) is 1. The number of fused-ring (bicyclic) bond motifs is 2. The van der Waals surface area contributed by atoms with Gasteiger partial charge < -0.3 is 14.5 Å². The normalized spacial score (nSPS) is 14.3. The zero-order chi connectivity index (χ0) is 19.1. The molecule has 5 rings (SSSR count). The summed E-state index contributed by atoms with van der Waals surface area (Å²) in [7, 11) is 0. The number of hydrogen-bond donors (Lipinski definition) is 2. The van der Waals surface area contributed by atoms with Gasteiger partial charge in [-0.25, -0.2) is 9.97 Å². The Kier molecular flexibility index (Phi) is 3.95. The number of phenols is 1. The van der Waals surface area contributed by atoms with Crippen molar-refractivity contribution < 1.29 is 9.52 Å². The molecule has 2 N–H and O–H groups in total. The Hall–Kier alpha value is -3.45. The molecule has 0 saturated heterocycles. The highest BCUT2D eigenvalue weighted by molar-refractivity contribution is 5.84. The molecule has 0 bridgehead atoms. The van der Waals surface area contributed by atoms with Crippen LogP contribution in [-0.4, -0.2) is 31.5 Å². The lowest BCUT2D eigenvalue weighted by molar-refractivity contribution is 0.239. The van der Waals surface area contributed by atoms with E-state index in [0.717, 1.165) is 23.3 Å². The summed E-state index contributed by atoms with van der Waals surface area (Å²) < 4.78 is 5.34. The fourth-order valence-electron chi connectivity index (χ4n) is 3.63. The first-order valence-corrected chi connectivity index (χ1v) is 9.13. The van der Waals surface area contributed by atoms with Gasteiger partial charge in [-0.2, -0.15) is 0 Å². The topological polar surface area (TPSA) is 95.2 Å². The van der Waals surface area contributed by atoms with E-state index in [0.29, 0.717) is 42.2 Å². The Balaban J connectivity index is 1.40. The second-order valence-electron chi connectivity index (χ2n) is 6.93. The van der Waals surface area contributed by atoms with Gasteiger partial charge in [-0.05, 0) is 24.3 Å². The molecule has 1 aliphatic heterocycles. The monoisotopic (exact) mass is 374 g/mol. The van der Waals surface area contributed by atoms with Crippen molar-refractivity contribution in [3.05, 3.63) is 76.0 Å². The van der Waals surface area contributed by atoms with Crippen molar-refractivity contribution in [3.63, 3.8) is 0 Å². The third-order valence-electron chi connectivity index (χ3n) is 5.04. The van der Waals surface area contributed by atoms with E-state index in [4.69, 9.17) is 4.42 Å². The lowest BCUT2D eigenvalue weighted by Crippen LogP contribution is -2.35. The Morgan fingerprint density at radius 3 is 2.93 bits per heavy atom. The zero-order valence-electron chi connectivity index (χ0n) is 15.1. The predicted octanol–water partition coefficient (Wildman–Crippen LogP) is 2.84. The smallest absolute Gasteiger partial charge is 0.256 e. The lowest BCUT2D eigenvalue weighted by atomic mass is 10.1. The van der Waals surface area contributed by atoms with E-state index in [-0.39, 0.29) is 11.3 Å². The van der Waals surface area contributed by atoms with E-state index < -0.39 is 0 Å². The highest BCUT2D eigenvalue weighted by Gasteiger charge is 2.22. The van der Waals surface area contributed by atoms with Gasteiger partial charge in [0.2, 0.25) is 0 Å². The Morgan fingerprint density at radius 2 is 2.07 bits per heavy atom. The van der Waals surface area contributed by atoms with Gasteiger partial charge in [-0.3, -0.25) is 9.69 Å². The van der Waals surface area contributed by atoms with Crippen LogP contribution in [0.15, 0.2) is 57.9 Å². The van der Waals surface area contributed by atoms with Crippen LogP contribution < -0.4 is 5.56 Å². The summed E-state index contributed by atoms with van der Waals surface area (Å²) in [6.07, 6.45) is 2.25. The molecule has 0 fully saturated rings. The Bertz CT molecular complexity index is 1210. The molecule has 0 saturated carbocycles. The molecule has 28 heavy (non-hydrogen) atoms. The van der Waals surface area contributed by atoms with Gasteiger partial charge >= 0.3 is 0 Å². The number of aromatic nitrogens is 3. The van der Waals surface area contributed by atoms with Crippen molar-refractivity contribution in [1.29, 1.82) is 0 Å². The molecule has 4 heterocycles. The number of benzene rings is 1. The minimum Gasteiger partial charge on any atom is -0.506 e. The number of aromatic hydroxyl groups is 1. The molecule has 0 aliphatic carbocycles. The summed E-state index contributed by atoms with van der Waals surface area (Å²) in [6, 6.07) is 12.8. The number of hydrogen-bond acceptors (Lipinski definition) is 6. The number of pyridine rings is 1. The van der Waals surface area contributed by atoms with E-state index in [1.54, 1.807) is 30.5 Å². The Morgan fingerprint density at radius 1 is 1.14 bits per heavy atom. The van der Waals surface area contributed by atoms with E-state index in [1.165, 1.54) is 0 Å². The molecule has 0 spiro atoms. The van der Waals surface area contributed by atoms with Crippen molar-refractivity contribution in [2.75, 3.05) is 6.54 Å². The fraction of sp³-hybridized carbons (Fsp3) is 0.190. The van der Waals surface area contributed by atoms with Gasteiger partial charge in [0.1, 0.15) is 11.3 Å². The van der Waals surface area contributed by atoms with Gasteiger partial charge in [0.15, 0.2) is 11.6 Å². The highest BCUT2D eigenvalue weighted by atomic mass is 16.3. The molecule has 3 aromatic heterocycles. The molecule has 0 atom stereocenters. The van der Waals surface area contributed by atoms with Crippen LogP contribution >= 0.6 is 0 Å². The standard InChI is InChI=1S/C21H18N4O3/c26-17-4-1-3-13-6-7-14(22-19(13)17)11-25-9-8-16-15(12-25)21(27)24-20(23-16)18-5-2-10-28-18/h1-7,10,26H,8-9,11-12H2,(H,23,24,27). The molecule has 7 heteroatoms. The summed E-state index contributed by atoms with van der Waals surface area (Å²) in [5.74, 6) is 1.20. The number of nitrogens with zero attached hydrogens (tertiary/aromatic N) is 3. The number of para-hydroxylation sites is 1. The highest BCUT2D eigenvalue weighted by Crippen LogP contribution is 2.24. The van der Waals surface area contributed by atoms with Crippen molar-refractivity contribution >= 4 is 10.9 Å². The summed E-state index contributed by atoms with van der Waals surface area (Å²) in [5.41, 5.74) is 2.82. The second kappa shape index (κ2) is 6.61. The Labute approximate surface area is 160 Å². The molecule has 7 nitrogen and oxygen atoms in total. The number of phenolic OH excluding ortho intramolecular Hbond substituents is 1. The molecular formula is C21H18N4O3. The van der Waals surface area contributed by atoms with Gasteiger partial charge in [0.25, 0.3) is 5.56 Å². The number of furan rings is 1. The van der Waals surface area contributed by atoms with Crippen LogP contribution in [0.2, 0.25) is 0 Å². The second-order valence-corrected chi connectivity index (χ2v) is 6.93. The number of H-pyrrole nitrogens is 1. The van der Waals surface area contributed by atoms with Crippen LogP contribution in [-0.2, 0) is 19.5 Å². The third kappa shape index (κ3) is 2.95. The number of aromatic amines is 1. The number of rotatable bonds is 3. The van der Waals surface area contributed by atoms with Crippen LogP contribution in [0, 0.1) is 0 Å². The molecule has 0 radical (unpaired) electrons. The molecule has 1 aromatic carbocycles. The summed E-state index contributed by atoms with van der Waals surface area (Å²) in [5, 5.41) is 10.9. The fourth-order valence-corrected chi connectivity index (χ4v) is 3.63. The summed E-state index contributed by atoms with van der Waals surface area (Å²) in [4.78, 5) is 26.7. The van der Waals surface area contributed by atoms with Crippen LogP contribution in [0.1, 0.15) is 17.0 Å². The maximum atomic E-state index is 12.6. The van der Waals surface area contributed by atoms with Crippen molar-refractivity contribution in [2.24, 2.45) is 0 Å². The minimum atomic E-state index is -0.134. The van der Waals surface area contributed by atoms with Crippen LogP contribution in [0.5, 0.6) is 5.75 Å². The predicted molar refractivity (Wildman–Crippen MR) is 104 cm³/mol. The van der Waals surface area contributed by atoms with Gasteiger partial charge in [-0.1, -0.05) is 18.2 Å². The van der Waals surface area contributed by atoms with E-state index >= 15 is 0 Å². The van der Waals surface area contributed by atoms with Gasteiger partial charge in [-0.15, -0.1) is 0 Å². The molecule has 1 aliphatic rings. The van der Waals surface area contributed by atoms with E-state index in [1.807, 2.05) is 18.2 Å².